The van der Waals surface area contributed by atoms with E-state index in [1.165, 1.54) is 10.4 Å². The summed E-state index contributed by atoms with van der Waals surface area (Å²) in [6.07, 6.45) is 1.88. The average molecular weight is 332 g/mol. The Labute approximate surface area is 131 Å². The van der Waals surface area contributed by atoms with Crippen LogP contribution in [0, 0.1) is 12.3 Å². The Morgan fingerprint density at radius 2 is 2.05 bits per heavy atom. The predicted octanol–water partition coefficient (Wildman–Crippen LogP) is 2.95. The number of aliphatic hydroxyl groups is 1. The molecule has 1 saturated heterocycles. The zero-order valence-electron chi connectivity index (χ0n) is 12.7. The summed E-state index contributed by atoms with van der Waals surface area (Å²) in [5, 5.41) is 9.69. The van der Waals surface area contributed by atoms with Gasteiger partial charge in [-0.2, -0.15) is 4.31 Å². The van der Waals surface area contributed by atoms with Crippen LogP contribution in [-0.4, -0.2) is 30.9 Å². The SMILES string of the molecule is Cc1c(CO)cc(Cl)cc1S(=O)(=O)N1CCCC(C)(C)C1. The fraction of sp³-hybridized carbons (Fsp3) is 0.600. The second-order valence-electron chi connectivity index (χ2n) is 6.45. The van der Waals surface area contributed by atoms with Gasteiger partial charge >= 0.3 is 0 Å². The molecule has 0 aromatic heterocycles. The molecule has 1 aliphatic rings. The maximum absolute atomic E-state index is 12.9. The Kier molecular flexibility index (Phi) is 4.69. The summed E-state index contributed by atoms with van der Waals surface area (Å²) >= 11 is 6.01. The Bertz CT molecular complexity index is 641. The smallest absolute Gasteiger partial charge is 0.243 e. The second-order valence-corrected chi connectivity index (χ2v) is 8.80. The van der Waals surface area contributed by atoms with E-state index in [-0.39, 0.29) is 16.9 Å². The van der Waals surface area contributed by atoms with Gasteiger partial charge in [-0.1, -0.05) is 25.4 Å². The van der Waals surface area contributed by atoms with Gasteiger partial charge in [0.05, 0.1) is 11.5 Å². The molecular formula is C15H22ClNO3S. The first-order valence-electron chi connectivity index (χ1n) is 7.07. The predicted molar refractivity (Wildman–Crippen MR) is 83.9 cm³/mol. The Morgan fingerprint density at radius 3 is 2.62 bits per heavy atom. The van der Waals surface area contributed by atoms with E-state index in [4.69, 9.17) is 11.6 Å². The number of sulfonamides is 1. The highest BCUT2D eigenvalue weighted by Crippen LogP contribution is 2.34. The van der Waals surface area contributed by atoms with E-state index in [1.54, 1.807) is 13.0 Å². The van der Waals surface area contributed by atoms with Crippen molar-refractivity contribution >= 4 is 21.6 Å². The Hall–Kier alpha value is -0.620. The summed E-state index contributed by atoms with van der Waals surface area (Å²) < 4.78 is 27.3. The molecular weight excluding hydrogens is 310 g/mol. The number of piperidine rings is 1. The van der Waals surface area contributed by atoms with E-state index in [1.807, 2.05) is 0 Å². The molecule has 4 nitrogen and oxygen atoms in total. The van der Waals surface area contributed by atoms with E-state index in [9.17, 15) is 13.5 Å². The first-order valence-corrected chi connectivity index (χ1v) is 8.89. The van der Waals surface area contributed by atoms with Gasteiger partial charge in [0.15, 0.2) is 0 Å². The lowest BCUT2D eigenvalue weighted by atomic mass is 9.85. The van der Waals surface area contributed by atoms with Gasteiger partial charge in [-0.25, -0.2) is 8.42 Å². The first kappa shape index (κ1) is 16.7. The number of rotatable bonds is 3. The molecule has 1 heterocycles. The molecule has 0 aliphatic carbocycles. The third kappa shape index (κ3) is 3.42. The van der Waals surface area contributed by atoms with Gasteiger partial charge in [-0.15, -0.1) is 0 Å². The third-order valence-corrected chi connectivity index (χ3v) is 6.28. The van der Waals surface area contributed by atoms with Gasteiger partial charge in [-0.05, 0) is 48.4 Å². The molecule has 0 unspecified atom stereocenters. The molecule has 0 atom stereocenters. The van der Waals surface area contributed by atoms with Crippen LogP contribution in [0.3, 0.4) is 0 Å². The lowest BCUT2D eigenvalue weighted by molar-refractivity contribution is 0.187. The molecule has 1 aliphatic heterocycles. The summed E-state index contributed by atoms with van der Waals surface area (Å²) in [6, 6.07) is 3.09. The molecule has 0 spiro atoms. The van der Waals surface area contributed by atoms with Crippen LogP contribution in [0.15, 0.2) is 17.0 Å². The van der Waals surface area contributed by atoms with Crippen LogP contribution >= 0.6 is 11.6 Å². The van der Waals surface area contributed by atoms with E-state index >= 15 is 0 Å². The molecule has 1 aromatic rings. The molecule has 1 N–H and O–H groups in total. The quantitative estimate of drug-likeness (QED) is 0.926. The summed E-state index contributed by atoms with van der Waals surface area (Å²) in [6.45, 7) is 6.70. The van der Waals surface area contributed by atoms with Gasteiger partial charge in [0.1, 0.15) is 0 Å². The fourth-order valence-electron chi connectivity index (χ4n) is 2.85. The van der Waals surface area contributed by atoms with Crippen LogP contribution in [0.25, 0.3) is 0 Å². The molecule has 0 saturated carbocycles. The molecule has 0 amide bonds. The van der Waals surface area contributed by atoms with Gasteiger partial charge in [0.25, 0.3) is 0 Å². The zero-order valence-corrected chi connectivity index (χ0v) is 14.3. The molecule has 118 valence electrons. The van der Waals surface area contributed by atoms with E-state index < -0.39 is 10.0 Å². The van der Waals surface area contributed by atoms with Crippen molar-refractivity contribution in [1.82, 2.24) is 4.31 Å². The maximum atomic E-state index is 12.9. The summed E-state index contributed by atoms with van der Waals surface area (Å²) in [5.74, 6) is 0. The topological polar surface area (TPSA) is 57.6 Å². The molecule has 1 fully saturated rings. The maximum Gasteiger partial charge on any atom is 0.243 e. The molecule has 1 aromatic carbocycles. The van der Waals surface area contributed by atoms with Crippen molar-refractivity contribution in [3.8, 4) is 0 Å². The van der Waals surface area contributed by atoms with Crippen molar-refractivity contribution in [3.05, 3.63) is 28.3 Å². The number of hydrogen-bond donors (Lipinski definition) is 1. The fourth-order valence-corrected chi connectivity index (χ4v) is 5.12. The van der Waals surface area contributed by atoms with Gasteiger partial charge in [-0.3, -0.25) is 0 Å². The van der Waals surface area contributed by atoms with Crippen molar-refractivity contribution in [2.24, 2.45) is 5.41 Å². The highest BCUT2D eigenvalue weighted by Gasteiger charge is 2.35. The van der Waals surface area contributed by atoms with E-state index in [0.29, 0.717) is 29.2 Å². The lowest BCUT2D eigenvalue weighted by Crippen LogP contribution is -2.43. The van der Waals surface area contributed by atoms with Gasteiger partial charge < -0.3 is 5.11 Å². The number of halogens is 1. The molecule has 21 heavy (non-hydrogen) atoms. The molecule has 2 rings (SSSR count). The molecule has 0 radical (unpaired) electrons. The average Bonchev–Trinajstić information content (AvgIpc) is 2.39. The van der Waals surface area contributed by atoms with Gasteiger partial charge in [0.2, 0.25) is 10.0 Å². The highest BCUT2D eigenvalue weighted by molar-refractivity contribution is 7.89. The summed E-state index contributed by atoms with van der Waals surface area (Å²) in [7, 11) is -3.58. The standard InChI is InChI=1S/C15H22ClNO3S/c1-11-12(9-18)7-13(16)8-14(11)21(19,20)17-6-4-5-15(2,3)10-17/h7-8,18H,4-6,9-10H2,1-3H3. The number of benzene rings is 1. The largest absolute Gasteiger partial charge is 0.392 e. The summed E-state index contributed by atoms with van der Waals surface area (Å²) in [4.78, 5) is 0.205. The van der Waals surface area contributed by atoms with Gasteiger partial charge in [0, 0.05) is 18.1 Å². The highest BCUT2D eigenvalue weighted by atomic mass is 35.5. The van der Waals surface area contributed by atoms with Crippen LogP contribution in [0.4, 0.5) is 0 Å². The van der Waals surface area contributed by atoms with E-state index in [0.717, 1.165) is 12.8 Å². The van der Waals surface area contributed by atoms with Crippen LogP contribution in [-0.2, 0) is 16.6 Å². The Balaban J connectivity index is 2.47. The lowest BCUT2D eigenvalue weighted by Gasteiger charge is -2.37. The number of aliphatic hydroxyl groups excluding tert-OH is 1. The third-order valence-electron chi connectivity index (χ3n) is 4.09. The van der Waals surface area contributed by atoms with E-state index in [2.05, 4.69) is 13.8 Å². The number of nitrogens with zero attached hydrogens (tertiary/aromatic N) is 1. The summed E-state index contributed by atoms with van der Waals surface area (Å²) in [5.41, 5.74) is 1.11. The minimum Gasteiger partial charge on any atom is -0.392 e. The minimum absolute atomic E-state index is 0.0163. The number of hydrogen-bond acceptors (Lipinski definition) is 3. The minimum atomic E-state index is -3.58. The van der Waals surface area contributed by atoms with Crippen molar-refractivity contribution < 1.29 is 13.5 Å². The monoisotopic (exact) mass is 331 g/mol. The van der Waals surface area contributed by atoms with Crippen molar-refractivity contribution in [3.63, 3.8) is 0 Å². The zero-order chi connectivity index (χ0) is 15.8. The van der Waals surface area contributed by atoms with Crippen molar-refractivity contribution in [1.29, 1.82) is 0 Å². The Morgan fingerprint density at radius 1 is 1.38 bits per heavy atom. The molecule has 6 heteroatoms. The van der Waals surface area contributed by atoms with Crippen molar-refractivity contribution in [2.45, 2.75) is 45.1 Å². The molecule has 0 bridgehead atoms. The van der Waals surface area contributed by atoms with Crippen molar-refractivity contribution in [2.75, 3.05) is 13.1 Å². The second kappa shape index (κ2) is 5.88. The van der Waals surface area contributed by atoms with Crippen LogP contribution < -0.4 is 0 Å². The van der Waals surface area contributed by atoms with Crippen LogP contribution in [0.2, 0.25) is 5.02 Å². The van der Waals surface area contributed by atoms with Crippen LogP contribution in [0.5, 0.6) is 0 Å². The van der Waals surface area contributed by atoms with Crippen LogP contribution in [0.1, 0.15) is 37.8 Å². The first-order chi connectivity index (χ1) is 9.67. The normalized spacial score (nSPS) is 19.7.